The van der Waals surface area contributed by atoms with Gasteiger partial charge in [0.05, 0.1) is 6.10 Å². The maximum Gasteiger partial charge on any atom is 0.157 e. The van der Waals surface area contributed by atoms with E-state index in [1.807, 2.05) is 13.0 Å². The van der Waals surface area contributed by atoms with Gasteiger partial charge in [-0.05, 0) is 18.5 Å². The van der Waals surface area contributed by atoms with Gasteiger partial charge in [-0.15, -0.1) is 0 Å². The van der Waals surface area contributed by atoms with Crippen LogP contribution >= 0.6 is 11.5 Å². The minimum atomic E-state index is 0.0878. The van der Waals surface area contributed by atoms with Crippen LogP contribution < -0.4 is 11.1 Å². The van der Waals surface area contributed by atoms with E-state index in [2.05, 4.69) is 9.69 Å². The summed E-state index contributed by atoms with van der Waals surface area (Å²) in [5.41, 5.74) is 5.91. The Morgan fingerprint density at radius 3 is 3.07 bits per heavy atom. The van der Waals surface area contributed by atoms with Gasteiger partial charge in [-0.25, -0.2) is 0 Å². The number of nitrogens with zero attached hydrogens (tertiary/aromatic N) is 2. The number of nitrogens with one attached hydrogen (secondary N) is 1. The molecule has 1 aromatic heterocycles. The molecular formula is C8H12N4OS. The molecule has 0 aliphatic rings. The molecule has 0 aliphatic heterocycles. The Morgan fingerprint density at radius 2 is 2.50 bits per heavy atom. The van der Waals surface area contributed by atoms with E-state index in [4.69, 9.17) is 15.7 Å². The quantitative estimate of drug-likeness (QED) is 0.779. The van der Waals surface area contributed by atoms with Gasteiger partial charge in [-0.3, -0.25) is 0 Å². The first-order chi connectivity index (χ1) is 6.69. The fourth-order valence-corrected chi connectivity index (χ4v) is 1.52. The van der Waals surface area contributed by atoms with Gasteiger partial charge >= 0.3 is 0 Å². The molecule has 76 valence electrons. The number of aromatic nitrogens is 1. The summed E-state index contributed by atoms with van der Waals surface area (Å²) < 4.78 is 8.94. The number of anilines is 2. The van der Waals surface area contributed by atoms with Crippen LogP contribution in [0.15, 0.2) is 0 Å². The van der Waals surface area contributed by atoms with E-state index < -0.39 is 0 Å². The Morgan fingerprint density at radius 1 is 1.79 bits per heavy atom. The third kappa shape index (κ3) is 2.34. The molecule has 1 atom stereocenters. The first-order valence-electron chi connectivity index (χ1n) is 4.11. The van der Waals surface area contributed by atoms with E-state index in [0.29, 0.717) is 17.1 Å². The molecule has 0 amide bonds. The highest BCUT2D eigenvalue weighted by molar-refractivity contribution is 7.10. The van der Waals surface area contributed by atoms with E-state index in [1.165, 1.54) is 11.5 Å². The maximum atomic E-state index is 8.78. The molecule has 0 spiro atoms. The third-order valence-electron chi connectivity index (χ3n) is 1.78. The van der Waals surface area contributed by atoms with Gasteiger partial charge in [0.2, 0.25) is 0 Å². The Labute approximate surface area is 86.7 Å². The molecule has 3 N–H and O–H groups in total. The van der Waals surface area contributed by atoms with E-state index in [0.717, 1.165) is 0 Å². The number of ether oxygens (including phenoxy) is 1. The van der Waals surface area contributed by atoms with Crippen LogP contribution in [0, 0.1) is 11.3 Å². The second kappa shape index (κ2) is 4.79. The minimum Gasteiger partial charge on any atom is -0.382 e. The highest BCUT2D eigenvalue weighted by atomic mass is 32.1. The zero-order chi connectivity index (χ0) is 10.6. The topological polar surface area (TPSA) is 84.0 Å². The lowest BCUT2D eigenvalue weighted by atomic mass is 10.3. The smallest absolute Gasteiger partial charge is 0.157 e. The van der Waals surface area contributed by atoms with Crippen molar-refractivity contribution in [2.75, 3.05) is 24.7 Å². The molecule has 0 aliphatic carbocycles. The van der Waals surface area contributed by atoms with Gasteiger partial charge in [-0.1, -0.05) is 0 Å². The number of nitrogens with two attached hydrogens (primary N) is 1. The monoisotopic (exact) mass is 212 g/mol. The van der Waals surface area contributed by atoms with Crippen molar-refractivity contribution < 1.29 is 4.74 Å². The largest absolute Gasteiger partial charge is 0.382 e. The molecule has 1 heterocycles. The molecule has 5 nitrogen and oxygen atoms in total. The molecule has 6 heteroatoms. The van der Waals surface area contributed by atoms with E-state index in [1.54, 1.807) is 7.11 Å². The van der Waals surface area contributed by atoms with Crippen molar-refractivity contribution >= 4 is 22.4 Å². The van der Waals surface area contributed by atoms with Gasteiger partial charge in [-0.2, -0.15) is 9.64 Å². The summed E-state index contributed by atoms with van der Waals surface area (Å²) in [4.78, 5) is 0. The summed E-state index contributed by atoms with van der Waals surface area (Å²) in [6.07, 6.45) is 0.0878. The Hall–Kier alpha value is -1.32. The van der Waals surface area contributed by atoms with Gasteiger partial charge in [0, 0.05) is 13.7 Å². The highest BCUT2D eigenvalue weighted by Crippen LogP contribution is 2.25. The first-order valence-corrected chi connectivity index (χ1v) is 4.88. The molecular weight excluding hydrogens is 200 g/mol. The highest BCUT2D eigenvalue weighted by Gasteiger charge is 2.10. The molecule has 0 aromatic carbocycles. The van der Waals surface area contributed by atoms with Crippen LogP contribution in [-0.4, -0.2) is 24.1 Å². The number of hydrogen-bond donors (Lipinski definition) is 2. The van der Waals surface area contributed by atoms with Crippen LogP contribution in [-0.2, 0) is 4.74 Å². The first kappa shape index (κ1) is 10.8. The standard InChI is InChI=1S/C8H12N4OS/c1-5(13-2)4-11-8-6(3-9)7(10)12-14-8/h5,11H,4H2,1-2H3,(H2,10,12). The van der Waals surface area contributed by atoms with Crippen molar-refractivity contribution in [2.45, 2.75) is 13.0 Å². The number of nitrogen functional groups attached to an aromatic ring is 1. The lowest BCUT2D eigenvalue weighted by Crippen LogP contribution is -2.17. The average Bonchev–Trinajstić information content (AvgIpc) is 2.55. The summed E-state index contributed by atoms with van der Waals surface area (Å²) in [6.45, 7) is 2.57. The Balaban J connectivity index is 2.64. The Bertz CT molecular complexity index is 344. The van der Waals surface area contributed by atoms with Crippen molar-refractivity contribution in [1.29, 1.82) is 5.26 Å². The molecule has 0 saturated carbocycles. The van der Waals surface area contributed by atoms with Crippen LogP contribution in [0.5, 0.6) is 0 Å². The van der Waals surface area contributed by atoms with Crippen molar-refractivity contribution in [1.82, 2.24) is 4.37 Å². The minimum absolute atomic E-state index is 0.0878. The Kier molecular flexibility index (Phi) is 3.68. The zero-order valence-electron chi connectivity index (χ0n) is 8.07. The van der Waals surface area contributed by atoms with Gasteiger partial charge in [0.1, 0.15) is 16.6 Å². The predicted molar refractivity (Wildman–Crippen MR) is 56.2 cm³/mol. The normalized spacial score (nSPS) is 12.1. The van der Waals surface area contributed by atoms with E-state index in [-0.39, 0.29) is 11.9 Å². The summed E-state index contributed by atoms with van der Waals surface area (Å²) in [6, 6.07) is 2.01. The predicted octanol–water partition coefficient (Wildman–Crippen LogP) is 1.04. The van der Waals surface area contributed by atoms with Crippen molar-refractivity contribution in [3.8, 4) is 6.07 Å². The molecule has 14 heavy (non-hydrogen) atoms. The average molecular weight is 212 g/mol. The van der Waals surface area contributed by atoms with E-state index >= 15 is 0 Å². The van der Waals surface area contributed by atoms with Crippen LogP contribution in [0.25, 0.3) is 0 Å². The van der Waals surface area contributed by atoms with Crippen LogP contribution in [0.2, 0.25) is 0 Å². The lowest BCUT2D eigenvalue weighted by Gasteiger charge is -2.09. The van der Waals surface area contributed by atoms with Crippen LogP contribution in [0.4, 0.5) is 10.8 Å². The molecule has 0 fully saturated rings. The molecule has 1 unspecified atom stereocenters. The molecule has 1 rings (SSSR count). The molecule has 0 saturated heterocycles. The molecule has 1 aromatic rings. The number of hydrogen-bond acceptors (Lipinski definition) is 6. The number of methoxy groups -OCH3 is 1. The second-order valence-electron chi connectivity index (χ2n) is 2.81. The van der Waals surface area contributed by atoms with Gasteiger partial charge in [0.15, 0.2) is 5.82 Å². The number of nitriles is 1. The second-order valence-corrected chi connectivity index (χ2v) is 3.58. The maximum absolute atomic E-state index is 8.78. The summed E-state index contributed by atoms with van der Waals surface area (Å²) in [7, 11) is 1.64. The fraction of sp³-hybridized carbons (Fsp3) is 0.500. The van der Waals surface area contributed by atoms with Crippen molar-refractivity contribution in [3.05, 3.63) is 5.56 Å². The summed E-state index contributed by atoms with van der Waals surface area (Å²) >= 11 is 1.19. The SMILES string of the molecule is COC(C)CNc1snc(N)c1C#N. The van der Waals surface area contributed by atoms with Crippen LogP contribution in [0.3, 0.4) is 0 Å². The van der Waals surface area contributed by atoms with Gasteiger partial charge < -0.3 is 15.8 Å². The van der Waals surface area contributed by atoms with Gasteiger partial charge in [0.25, 0.3) is 0 Å². The molecule has 0 radical (unpaired) electrons. The molecule has 0 bridgehead atoms. The lowest BCUT2D eigenvalue weighted by molar-refractivity contribution is 0.129. The van der Waals surface area contributed by atoms with Crippen LogP contribution in [0.1, 0.15) is 12.5 Å². The summed E-state index contributed by atoms with van der Waals surface area (Å²) in [5.74, 6) is 0.282. The zero-order valence-corrected chi connectivity index (χ0v) is 8.89. The third-order valence-corrected chi connectivity index (χ3v) is 2.60. The van der Waals surface area contributed by atoms with E-state index in [9.17, 15) is 0 Å². The number of rotatable bonds is 4. The van der Waals surface area contributed by atoms with Crippen molar-refractivity contribution in [2.24, 2.45) is 0 Å². The summed E-state index contributed by atoms with van der Waals surface area (Å²) in [5, 5.41) is 12.5. The fourth-order valence-electron chi connectivity index (χ4n) is 0.851. The van der Waals surface area contributed by atoms with Crippen molar-refractivity contribution in [3.63, 3.8) is 0 Å².